The van der Waals surface area contributed by atoms with Crippen molar-refractivity contribution in [3.05, 3.63) is 16.0 Å². The van der Waals surface area contributed by atoms with Gasteiger partial charge in [-0.3, -0.25) is 4.79 Å². The molecule has 0 saturated carbocycles. The third-order valence-electron chi connectivity index (χ3n) is 4.25. The average Bonchev–Trinajstić information content (AvgIpc) is 3.05. The van der Waals surface area contributed by atoms with E-state index in [1.807, 2.05) is 13.8 Å². The number of esters is 1. The topological polar surface area (TPSA) is 81.4 Å². The zero-order valence-electron chi connectivity index (χ0n) is 12.7. The fourth-order valence-corrected chi connectivity index (χ4v) is 3.88. The predicted molar refractivity (Wildman–Crippen MR) is 83.8 cm³/mol. The second-order valence-corrected chi connectivity index (χ2v) is 6.48. The lowest BCUT2D eigenvalue weighted by Gasteiger charge is -2.25. The Morgan fingerprint density at radius 3 is 2.57 bits per heavy atom. The quantitative estimate of drug-likeness (QED) is 0.819. The van der Waals surface area contributed by atoms with Crippen molar-refractivity contribution in [2.24, 2.45) is 5.73 Å². The number of hydrogen-bond acceptors (Lipinski definition) is 5. The van der Waals surface area contributed by atoms with Gasteiger partial charge >= 0.3 is 5.97 Å². The van der Waals surface area contributed by atoms with Crippen LogP contribution in [0.1, 0.15) is 53.9 Å². The summed E-state index contributed by atoms with van der Waals surface area (Å²) in [7, 11) is 1.36. The van der Waals surface area contributed by atoms with Gasteiger partial charge in [-0.25, -0.2) is 4.79 Å². The molecule has 0 radical (unpaired) electrons. The first-order valence-corrected chi connectivity index (χ1v) is 8.11. The number of anilines is 1. The van der Waals surface area contributed by atoms with Gasteiger partial charge in [0.2, 0.25) is 5.91 Å². The molecule has 6 heteroatoms. The molecule has 0 aliphatic heterocycles. The van der Waals surface area contributed by atoms with E-state index >= 15 is 0 Å². The van der Waals surface area contributed by atoms with E-state index in [1.165, 1.54) is 23.3 Å². The van der Waals surface area contributed by atoms with Gasteiger partial charge in [0.05, 0.1) is 18.2 Å². The van der Waals surface area contributed by atoms with Gasteiger partial charge in [0.25, 0.3) is 0 Å². The molecular weight excluding hydrogens is 288 g/mol. The molecule has 0 fully saturated rings. The molecule has 0 aromatic carbocycles. The maximum atomic E-state index is 12.4. The number of thiophene rings is 1. The molecule has 1 aromatic rings. The number of methoxy groups -OCH3 is 1. The number of amides is 1. The maximum absolute atomic E-state index is 12.4. The number of nitrogens with one attached hydrogen (secondary N) is 1. The summed E-state index contributed by atoms with van der Waals surface area (Å²) in [5.74, 6) is -0.627. The Bertz CT molecular complexity index is 562. The summed E-state index contributed by atoms with van der Waals surface area (Å²) in [6.45, 7) is 3.78. The molecule has 0 saturated heterocycles. The third-order valence-corrected chi connectivity index (χ3v) is 5.46. The minimum absolute atomic E-state index is 0.238. The molecule has 0 unspecified atom stereocenters. The Hall–Kier alpha value is -1.40. The van der Waals surface area contributed by atoms with Crippen LogP contribution >= 0.6 is 11.3 Å². The highest BCUT2D eigenvalue weighted by Crippen LogP contribution is 2.39. The molecule has 1 amide bonds. The number of aryl methyl sites for hydroxylation is 1. The van der Waals surface area contributed by atoms with E-state index < -0.39 is 5.54 Å². The number of rotatable bonds is 5. The zero-order chi connectivity index (χ0) is 15.6. The molecular formula is C15H22N2O3S. The van der Waals surface area contributed by atoms with Crippen molar-refractivity contribution in [1.29, 1.82) is 0 Å². The first kappa shape index (κ1) is 16.0. The number of hydrogen-bond donors (Lipinski definition) is 2. The lowest BCUT2D eigenvalue weighted by atomic mass is 9.93. The Labute approximate surface area is 128 Å². The zero-order valence-corrected chi connectivity index (χ0v) is 13.6. The minimum Gasteiger partial charge on any atom is -0.465 e. The Balaban J connectivity index is 2.33. The highest BCUT2D eigenvalue weighted by molar-refractivity contribution is 7.17. The molecule has 116 valence electrons. The van der Waals surface area contributed by atoms with Gasteiger partial charge in [0.15, 0.2) is 0 Å². The van der Waals surface area contributed by atoms with Crippen LogP contribution in [-0.2, 0) is 22.4 Å². The third kappa shape index (κ3) is 2.82. The van der Waals surface area contributed by atoms with E-state index in [-0.39, 0.29) is 11.9 Å². The largest absolute Gasteiger partial charge is 0.465 e. The normalized spacial score (nSPS) is 13.9. The Morgan fingerprint density at radius 2 is 2.00 bits per heavy atom. The minimum atomic E-state index is -0.901. The van der Waals surface area contributed by atoms with Crippen LogP contribution in [0.5, 0.6) is 0 Å². The van der Waals surface area contributed by atoms with Crippen molar-refractivity contribution in [2.75, 3.05) is 12.4 Å². The number of ether oxygens (including phenoxy) is 1. The van der Waals surface area contributed by atoms with Crippen LogP contribution in [0.15, 0.2) is 0 Å². The van der Waals surface area contributed by atoms with Gasteiger partial charge < -0.3 is 15.8 Å². The molecule has 0 spiro atoms. The van der Waals surface area contributed by atoms with Crippen molar-refractivity contribution in [3.63, 3.8) is 0 Å². The lowest BCUT2D eigenvalue weighted by molar-refractivity contribution is -0.121. The molecule has 1 aliphatic carbocycles. The molecule has 5 nitrogen and oxygen atoms in total. The maximum Gasteiger partial charge on any atom is 0.341 e. The smallest absolute Gasteiger partial charge is 0.341 e. The van der Waals surface area contributed by atoms with Crippen molar-refractivity contribution < 1.29 is 14.3 Å². The molecule has 1 aromatic heterocycles. The summed E-state index contributed by atoms with van der Waals surface area (Å²) in [4.78, 5) is 25.6. The highest BCUT2D eigenvalue weighted by atomic mass is 32.1. The van der Waals surface area contributed by atoms with Gasteiger partial charge in [-0.15, -0.1) is 11.3 Å². The van der Waals surface area contributed by atoms with E-state index in [9.17, 15) is 9.59 Å². The van der Waals surface area contributed by atoms with Gasteiger partial charge in [-0.2, -0.15) is 0 Å². The van der Waals surface area contributed by atoms with Gasteiger partial charge in [-0.05, 0) is 37.7 Å². The van der Waals surface area contributed by atoms with Crippen LogP contribution in [0.25, 0.3) is 0 Å². The van der Waals surface area contributed by atoms with Crippen LogP contribution in [0.4, 0.5) is 5.00 Å². The van der Waals surface area contributed by atoms with Crippen molar-refractivity contribution >= 4 is 28.2 Å². The van der Waals surface area contributed by atoms with E-state index in [0.29, 0.717) is 23.4 Å². The molecule has 21 heavy (non-hydrogen) atoms. The monoisotopic (exact) mass is 310 g/mol. The molecule has 3 N–H and O–H groups in total. The Morgan fingerprint density at radius 1 is 1.33 bits per heavy atom. The Kier molecular flexibility index (Phi) is 4.68. The summed E-state index contributed by atoms with van der Waals surface area (Å²) in [6, 6.07) is 0. The van der Waals surface area contributed by atoms with Crippen molar-refractivity contribution in [3.8, 4) is 0 Å². The predicted octanol–water partition coefficient (Wildman–Crippen LogP) is 2.48. The first-order valence-electron chi connectivity index (χ1n) is 7.30. The van der Waals surface area contributed by atoms with Crippen LogP contribution < -0.4 is 11.1 Å². The van der Waals surface area contributed by atoms with Gasteiger partial charge in [0.1, 0.15) is 5.00 Å². The van der Waals surface area contributed by atoms with Crippen LogP contribution in [-0.4, -0.2) is 24.5 Å². The summed E-state index contributed by atoms with van der Waals surface area (Å²) >= 11 is 1.47. The average molecular weight is 310 g/mol. The van der Waals surface area contributed by atoms with Crippen molar-refractivity contribution in [1.82, 2.24) is 0 Å². The van der Waals surface area contributed by atoms with Gasteiger partial charge in [-0.1, -0.05) is 13.8 Å². The van der Waals surface area contributed by atoms with Crippen molar-refractivity contribution in [2.45, 2.75) is 51.5 Å². The second-order valence-electron chi connectivity index (χ2n) is 5.37. The van der Waals surface area contributed by atoms with E-state index in [0.717, 1.165) is 24.8 Å². The van der Waals surface area contributed by atoms with Gasteiger partial charge in [0, 0.05) is 4.88 Å². The molecule has 2 rings (SSSR count). The summed E-state index contributed by atoms with van der Waals surface area (Å²) in [6.07, 6.45) is 3.96. The summed E-state index contributed by atoms with van der Waals surface area (Å²) in [5.41, 5.74) is 6.75. The fourth-order valence-electron chi connectivity index (χ4n) is 2.61. The summed E-state index contributed by atoms with van der Waals surface area (Å²) < 4.78 is 4.87. The SMILES string of the molecule is CCC(N)(CC)C(=O)Nc1sc2c(c1C(=O)OC)CCC2. The van der Waals surface area contributed by atoms with E-state index in [4.69, 9.17) is 10.5 Å². The first-order chi connectivity index (χ1) is 9.96. The second kappa shape index (κ2) is 6.15. The lowest BCUT2D eigenvalue weighted by Crippen LogP contribution is -2.50. The standard InChI is InChI=1S/C15H22N2O3S/c1-4-15(16,5-2)14(19)17-12-11(13(18)20-3)9-7-6-8-10(9)21-12/h4-8,16H2,1-3H3,(H,17,19). The number of carbonyl (C=O) groups excluding carboxylic acids is 2. The number of carbonyl (C=O) groups is 2. The molecule has 1 heterocycles. The highest BCUT2D eigenvalue weighted by Gasteiger charge is 2.33. The summed E-state index contributed by atoms with van der Waals surface area (Å²) in [5, 5.41) is 3.43. The van der Waals surface area contributed by atoms with E-state index in [1.54, 1.807) is 0 Å². The van der Waals surface area contributed by atoms with Crippen LogP contribution in [0.3, 0.4) is 0 Å². The van der Waals surface area contributed by atoms with Crippen LogP contribution in [0.2, 0.25) is 0 Å². The van der Waals surface area contributed by atoms with Crippen LogP contribution in [0, 0.1) is 0 Å². The fraction of sp³-hybridized carbons (Fsp3) is 0.600. The molecule has 1 aliphatic rings. The molecule has 0 atom stereocenters. The molecule has 0 bridgehead atoms. The van der Waals surface area contributed by atoms with E-state index in [2.05, 4.69) is 5.32 Å². The number of fused-ring (bicyclic) bond motifs is 1. The number of nitrogens with two attached hydrogens (primary N) is 1.